The van der Waals surface area contributed by atoms with Gasteiger partial charge >= 0.3 is 0 Å². The molecule has 1 fully saturated rings. The summed E-state index contributed by atoms with van der Waals surface area (Å²) in [4.78, 5) is 2.43. The third kappa shape index (κ3) is 2.97. The zero-order valence-corrected chi connectivity index (χ0v) is 10.7. The standard InChI is InChI=1S/C11H19N3O.ClH/c1-8-11(9(2)15-13-8)7-14-5-3-10(12)4-6-14;/h10H,3-7,12H2,1-2H3;1H. The Morgan fingerprint density at radius 1 is 1.38 bits per heavy atom. The van der Waals surface area contributed by atoms with E-state index in [1.807, 2.05) is 13.8 Å². The Morgan fingerprint density at radius 2 is 2.00 bits per heavy atom. The largest absolute Gasteiger partial charge is 0.361 e. The van der Waals surface area contributed by atoms with E-state index in [2.05, 4.69) is 10.1 Å². The molecule has 1 saturated heterocycles. The van der Waals surface area contributed by atoms with E-state index >= 15 is 0 Å². The van der Waals surface area contributed by atoms with Gasteiger partial charge in [-0.3, -0.25) is 4.90 Å². The molecule has 92 valence electrons. The molecule has 0 unspecified atom stereocenters. The van der Waals surface area contributed by atoms with Crippen LogP contribution >= 0.6 is 12.4 Å². The van der Waals surface area contributed by atoms with Crippen LogP contribution in [0.2, 0.25) is 0 Å². The fraction of sp³-hybridized carbons (Fsp3) is 0.727. The Hall–Kier alpha value is -0.580. The molecule has 2 N–H and O–H groups in total. The second-order valence-corrected chi connectivity index (χ2v) is 4.42. The number of aromatic nitrogens is 1. The van der Waals surface area contributed by atoms with Gasteiger partial charge in [0.1, 0.15) is 5.76 Å². The molecule has 1 aromatic rings. The first-order valence-electron chi connectivity index (χ1n) is 5.56. The Morgan fingerprint density at radius 3 is 2.50 bits per heavy atom. The van der Waals surface area contributed by atoms with Gasteiger partial charge in [-0.2, -0.15) is 0 Å². The van der Waals surface area contributed by atoms with Crippen LogP contribution in [0.25, 0.3) is 0 Å². The van der Waals surface area contributed by atoms with Gasteiger partial charge in [0, 0.05) is 18.2 Å². The summed E-state index contributed by atoms with van der Waals surface area (Å²) in [7, 11) is 0. The molecule has 0 radical (unpaired) electrons. The van der Waals surface area contributed by atoms with Gasteiger partial charge in [-0.1, -0.05) is 5.16 Å². The molecule has 0 aromatic carbocycles. The SMILES string of the molecule is Cc1noc(C)c1CN1CCC(N)CC1.Cl. The van der Waals surface area contributed by atoms with Crippen LogP contribution in [0.4, 0.5) is 0 Å². The molecule has 4 nitrogen and oxygen atoms in total. The monoisotopic (exact) mass is 245 g/mol. The molecule has 0 spiro atoms. The summed E-state index contributed by atoms with van der Waals surface area (Å²) >= 11 is 0. The van der Waals surface area contributed by atoms with Crippen LogP contribution in [0.15, 0.2) is 4.52 Å². The molecular weight excluding hydrogens is 226 g/mol. The number of rotatable bonds is 2. The molecule has 1 aliphatic heterocycles. The summed E-state index contributed by atoms with van der Waals surface area (Å²) < 4.78 is 5.16. The Labute approximate surface area is 103 Å². The molecule has 1 aliphatic rings. The van der Waals surface area contributed by atoms with Crippen molar-refractivity contribution in [2.75, 3.05) is 13.1 Å². The van der Waals surface area contributed by atoms with Gasteiger partial charge in [-0.25, -0.2) is 0 Å². The van der Waals surface area contributed by atoms with Crippen molar-refractivity contribution in [3.63, 3.8) is 0 Å². The van der Waals surface area contributed by atoms with E-state index < -0.39 is 0 Å². The molecule has 16 heavy (non-hydrogen) atoms. The highest BCUT2D eigenvalue weighted by Crippen LogP contribution is 2.17. The van der Waals surface area contributed by atoms with Crippen molar-refractivity contribution in [2.45, 2.75) is 39.3 Å². The molecule has 5 heteroatoms. The highest BCUT2D eigenvalue weighted by atomic mass is 35.5. The lowest BCUT2D eigenvalue weighted by Gasteiger charge is -2.29. The third-order valence-electron chi connectivity index (χ3n) is 3.20. The first kappa shape index (κ1) is 13.5. The number of nitrogens with two attached hydrogens (primary N) is 1. The van der Waals surface area contributed by atoms with Crippen LogP contribution in [-0.2, 0) is 6.54 Å². The number of piperidine rings is 1. The van der Waals surface area contributed by atoms with Gasteiger partial charge in [-0.05, 0) is 39.8 Å². The summed E-state index contributed by atoms with van der Waals surface area (Å²) in [6, 6.07) is 0.394. The van der Waals surface area contributed by atoms with Gasteiger partial charge in [0.25, 0.3) is 0 Å². The van der Waals surface area contributed by atoms with Gasteiger partial charge in [-0.15, -0.1) is 12.4 Å². The van der Waals surface area contributed by atoms with Gasteiger partial charge in [0.2, 0.25) is 0 Å². The predicted molar refractivity (Wildman–Crippen MR) is 65.7 cm³/mol. The quantitative estimate of drug-likeness (QED) is 0.861. The molecule has 0 saturated carbocycles. The lowest BCUT2D eigenvalue weighted by atomic mass is 10.1. The van der Waals surface area contributed by atoms with Crippen LogP contribution in [0, 0.1) is 13.8 Å². The van der Waals surface area contributed by atoms with Crippen molar-refractivity contribution in [1.29, 1.82) is 0 Å². The molecule has 0 atom stereocenters. The fourth-order valence-corrected chi connectivity index (χ4v) is 2.06. The summed E-state index contributed by atoms with van der Waals surface area (Å²) in [6.45, 7) is 7.11. The van der Waals surface area contributed by atoms with Crippen LogP contribution in [-0.4, -0.2) is 29.2 Å². The third-order valence-corrected chi connectivity index (χ3v) is 3.20. The number of hydrogen-bond acceptors (Lipinski definition) is 4. The molecule has 0 bridgehead atoms. The molecule has 0 amide bonds. The van der Waals surface area contributed by atoms with Crippen LogP contribution in [0.5, 0.6) is 0 Å². The van der Waals surface area contributed by atoms with Crippen LogP contribution in [0.3, 0.4) is 0 Å². The lowest BCUT2D eigenvalue weighted by molar-refractivity contribution is 0.204. The van der Waals surface area contributed by atoms with E-state index in [0.717, 1.165) is 43.9 Å². The molecule has 1 aromatic heterocycles. The summed E-state index contributed by atoms with van der Waals surface area (Å²) in [5.74, 6) is 0.947. The second-order valence-electron chi connectivity index (χ2n) is 4.42. The minimum Gasteiger partial charge on any atom is -0.361 e. The lowest BCUT2D eigenvalue weighted by Crippen LogP contribution is -2.39. The highest BCUT2D eigenvalue weighted by molar-refractivity contribution is 5.85. The average Bonchev–Trinajstić information content (AvgIpc) is 2.53. The maximum Gasteiger partial charge on any atom is 0.138 e. The van der Waals surface area contributed by atoms with Gasteiger partial charge in [0.15, 0.2) is 0 Å². The van der Waals surface area contributed by atoms with E-state index in [1.54, 1.807) is 0 Å². The van der Waals surface area contributed by atoms with Crippen molar-refractivity contribution in [3.8, 4) is 0 Å². The van der Waals surface area contributed by atoms with E-state index in [-0.39, 0.29) is 12.4 Å². The topological polar surface area (TPSA) is 55.3 Å². The van der Waals surface area contributed by atoms with E-state index in [1.165, 1.54) is 5.56 Å². The van der Waals surface area contributed by atoms with E-state index in [9.17, 15) is 0 Å². The van der Waals surface area contributed by atoms with Crippen molar-refractivity contribution in [3.05, 3.63) is 17.0 Å². The van der Waals surface area contributed by atoms with Crippen molar-refractivity contribution in [2.24, 2.45) is 5.73 Å². The number of likely N-dealkylation sites (tertiary alicyclic amines) is 1. The number of hydrogen-bond donors (Lipinski definition) is 1. The molecule has 2 heterocycles. The van der Waals surface area contributed by atoms with Crippen molar-refractivity contribution < 1.29 is 4.52 Å². The maximum absolute atomic E-state index is 5.87. The smallest absolute Gasteiger partial charge is 0.138 e. The minimum atomic E-state index is 0. The average molecular weight is 246 g/mol. The Balaban J connectivity index is 0.00000128. The number of nitrogens with zero attached hydrogens (tertiary/aromatic N) is 2. The normalized spacial score (nSPS) is 18.4. The van der Waals surface area contributed by atoms with Gasteiger partial charge in [0.05, 0.1) is 5.69 Å². The minimum absolute atomic E-state index is 0. The Kier molecular flexibility index (Phi) is 4.77. The highest BCUT2D eigenvalue weighted by Gasteiger charge is 2.18. The van der Waals surface area contributed by atoms with E-state index in [4.69, 9.17) is 10.3 Å². The molecule has 0 aliphatic carbocycles. The summed E-state index contributed by atoms with van der Waals surface area (Å²) in [5, 5.41) is 3.97. The zero-order chi connectivity index (χ0) is 10.8. The first-order chi connectivity index (χ1) is 7.16. The van der Waals surface area contributed by atoms with Crippen molar-refractivity contribution >= 4 is 12.4 Å². The maximum atomic E-state index is 5.87. The second kappa shape index (κ2) is 5.66. The predicted octanol–water partition coefficient (Wildman–Crippen LogP) is 1.64. The first-order valence-corrected chi connectivity index (χ1v) is 5.56. The molecule has 2 rings (SSSR count). The van der Waals surface area contributed by atoms with Crippen LogP contribution in [0.1, 0.15) is 29.9 Å². The number of aryl methyl sites for hydroxylation is 2. The summed E-state index contributed by atoms with van der Waals surface area (Å²) in [6.07, 6.45) is 2.20. The van der Waals surface area contributed by atoms with Crippen LogP contribution < -0.4 is 5.73 Å². The van der Waals surface area contributed by atoms with Gasteiger partial charge < -0.3 is 10.3 Å². The molecular formula is C11H20ClN3O. The number of halogens is 1. The zero-order valence-electron chi connectivity index (χ0n) is 9.90. The van der Waals surface area contributed by atoms with E-state index in [0.29, 0.717) is 6.04 Å². The van der Waals surface area contributed by atoms with Crippen molar-refractivity contribution in [1.82, 2.24) is 10.1 Å². The Bertz CT molecular complexity index is 312. The fourth-order valence-electron chi connectivity index (χ4n) is 2.06. The summed E-state index contributed by atoms with van der Waals surface area (Å²) in [5.41, 5.74) is 8.13.